The lowest BCUT2D eigenvalue weighted by Gasteiger charge is -2.07. The Morgan fingerprint density at radius 2 is 1.96 bits per heavy atom. The van der Waals surface area contributed by atoms with Crippen molar-refractivity contribution < 1.29 is 4.42 Å². The standard InChI is InChI=1S/C18H14N4O2/c23-17-15-14(12-5-2-1-3-6-12)8-9-19-16(15)21-18(22-17)20-11-13-7-4-10-24-13/h1-10H,11H2,(H2,19,20,21,22,23). The molecular formula is C18H14N4O2. The molecule has 6 nitrogen and oxygen atoms in total. The number of furan rings is 1. The van der Waals surface area contributed by atoms with Crippen molar-refractivity contribution in [2.24, 2.45) is 0 Å². The van der Waals surface area contributed by atoms with Gasteiger partial charge < -0.3 is 9.73 Å². The first-order valence-electron chi connectivity index (χ1n) is 7.52. The van der Waals surface area contributed by atoms with E-state index in [0.717, 1.165) is 16.9 Å². The first-order valence-corrected chi connectivity index (χ1v) is 7.52. The zero-order valence-electron chi connectivity index (χ0n) is 12.7. The molecule has 0 bridgehead atoms. The number of hydrogen-bond donors (Lipinski definition) is 2. The van der Waals surface area contributed by atoms with Crippen LogP contribution >= 0.6 is 0 Å². The van der Waals surface area contributed by atoms with Crippen molar-refractivity contribution in [1.82, 2.24) is 15.0 Å². The molecule has 0 unspecified atom stereocenters. The number of nitrogens with zero attached hydrogens (tertiary/aromatic N) is 2. The van der Waals surface area contributed by atoms with Crippen LogP contribution in [0.2, 0.25) is 0 Å². The second-order valence-electron chi connectivity index (χ2n) is 5.27. The van der Waals surface area contributed by atoms with E-state index in [4.69, 9.17) is 4.42 Å². The van der Waals surface area contributed by atoms with Crippen molar-refractivity contribution in [2.75, 3.05) is 5.32 Å². The Balaban J connectivity index is 1.76. The predicted molar refractivity (Wildman–Crippen MR) is 91.6 cm³/mol. The number of anilines is 1. The highest BCUT2D eigenvalue weighted by molar-refractivity contribution is 5.92. The molecule has 0 amide bonds. The number of nitrogens with one attached hydrogen (secondary N) is 2. The van der Waals surface area contributed by atoms with Gasteiger partial charge in [0.15, 0.2) is 5.65 Å². The summed E-state index contributed by atoms with van der Waals surface area (Å²) in [5, 5.41) is 3.52. The van der Waals surface area contributed by atoms with E-state index in [1.807, 2.05) is 42.5 Å². The molecule has 24 heavy (non-hydrogen) atoms. The molecule has 6 heteroatoms. The maximum atomic E-state index is 12.6. The fraction of sp³-hybridized carbons (Fsp3) is 0.0556. The van der Waals surface area contributed by atoms with Gasteiger partial charge in [0.25, 0.3) is 5.56 Å². The van der Waals surface area contributed by atoms with Gasteiger partial charge in [0, 0.05) is 6.20 Å². The molecule has 0 atom stereocenters. The second kappa shape index (κ2) is 6.00. The van der Waals surface area contributed by atoms with Gasteiger partial charge >= 0.3 is 0 Å². The minimum Gasteiger partial charge on any atom is -0.467 e. The number of H-pyrrole nitrogens is 1. The minimum absolute atomic E-state index is 0.228. The van der Waals surface area contributed by atoms with Gasteiger partial charge in [0.05, 0.1) is 18.2 Å². The van der Waals surface area contributed by atoms with E-state index >= 15 is 0 Å². The number of fused-ring (bicyclic) bond motifs is 1. The van der Waals surface area contributed by atoms with Gasteiger partial charge in [-0.1, -0.05) is 30.3 Å². The molecule has 0 radical (unpaired) electrons. The fourth-order valence-corrected chi connectivity index (χ4v) is 2.59. The zero-order chi connectivity index (χ0) is 16.4. The van der Waals surface area contributed by atoms with E-state index in [2.05, 4.69) is 20.3 Å². The molecule has 2 N–H and O–H groups in total. The molecule has 3 heterocycles. The average molecular weight is 318 g/mol. The summed E-state index contributed by atoms with van der Waals surface area (Å²) in [5.74, 6) is 1.12. The van der Waals surface area contributed by atoms with Gasteiger partial charge in [-0.25, -0.2) is 4.98 Å². The van der Waals surface area contributed by atoms with Crippen LogP contribution in [0, 0.1) is 0 Å². The Kier molecular flexibility index (Phi) is 3.55. The van der Waals surface area contributed by atoms with E-state index in [-0.39, 0.29) is 5.56 Å². The highest BCUT2D eigenvalue weighted by Gasteiger charge is 2.11. The first kappa shape index (κ1) is 14.2. The molecule has 0 spiro atoms. The average Bonchev–Trinajstić information content (AvgIpc) is 3.14. The highest BCUT2D eigenvalue weighted by Crippen LogP contribution is 2.24. The summed E-state index contributed by atoms with van der Waals surface area (Å²) >= 11 is 0. The Morgan fingerprint density at radius 1 is 1.08 bits per heavy atom. The molecule has 0 aliphatic rings. The first-order chi connectivity index (χ1) is 11.8. The van der Waals surface area contributed by atoms with Crippen molar-refractivity contribution >= 4 is 17.0 Å². The molecule has 1 aromatic carbocycles. The van der Waals surface area contributed by atoms with E-state index in [1.165, 1.54) is 0 Å². The van der Waals surface area contributed by atoms with Crippen LogP contribution in [-0.4, -0.2) is 15.0 Å². The quantitative estimate of drug-likeness (QED) is 0.604. The molecule has 4 aromatic rings. The number of rotatable bonds is 4. The summed E-state index contributed by atoms with van der Waals surface area (Å²) in [6, 6.07) is 15.2. The molecular weight excluding hydrogens is 304 g/mol. The summed E-state index contributed by atoms with van der Waals surface area (Å²) in [5.41, 5.74) is 1.94. The molecule has 0 aliphatic carbocycles. The van der Waals surface area contributed by atoms with Crippen LogP contribution in [0.1, 0.15) is 5.76 Å². The summed E-state index contributed by atoms with van der Waals surface area (Å²) in [4.78, 5) is 24.0. The van der Waals surface area contributed by atoms with E-state index in [1.54, 1.807) is 18.5 Å². The third-order valence-electron chi connectivity index (χ3n) is 3.70. The van der Waals surface area contributed by atoms with E-state index < -0.39 is 0 Å². The van der Waals surface area contributed by atoms with Gasteiger partial charge in [-0.05, 0) is 29.3 Å². The molecule has 4 rings (SSSR count). The second-order valence-corrected chi connectivity index (χ2v) is 5.27. The number of aromatic amines is 1. The summed E-state index contributed by atoms with van der Waals surface area (Å²) < 4.78 is 5.25. The van der Waals surface area contributed by atoms with Crippen LogP contribution < -0.4 is 10.9 Å². The van der Waals surface area contributed by atoms with Crippen LogP contribution in [0.15, 0.2) is 70.2 Å². The summed E-state index contributed by atoms with van der Waals surface area (Å²) in [7, 11) is 0. The topological polar surface area (TPSA) is 83.8 Å². The third kappa shape index (κ3) is 2.65. The largest absolute Gasteiger partial charge is 0.467 e. The van der Waals surface area contributed by atoms with E-state index in [0.29, 0.717) is 23.5 Å². The lowest BCUT2D eigenvalue weighted by atomic mass is 10.0. The SMILES string of the molecule is O=c1[nH]c(NCc2ccco2)nc2nccc(-c3ccccc3)c12. The smallest absolute Gasteiger partial charge is 0.262 e. The molecule has 118 valence electrons. The minimum atomic E-state index is -0.228. The maximum absolute atomic E-state index is 12.6. The number of benzene rings is 1. The molecule has 3 aromatic heterocycles. The van der Waals surface area contributed by atoms with Gasteiger partial charge in [0.2, 0.25) is 5.95 Å². The lowest BCUT2D eigenvalue weighted by Crippen LogP contribution is -2.14. The van der Waals surface area contributed by atoms with Crippen molar-refractivity contribution in [3.8, 4) is 11.1 Å². The highest BCUT2D eigenvalue weighted by atomic mass is 16.3. The Hall–Kier alpha value is -3.41. The number of hydrogen-bond acceptors (Lipinski definition) is 5. The fourth-order valence-electron chi connectivity index (χ4n) is 2.59. The normalized spacial score (nSPS) is 10.8. The molecule has 0 saturated carbocycles. The third-order valence-corrected chi connectivity index (χ3v) is 3.70. The Bertz CT molecular complexity index is 1020. The predicted octanol–water partition coefficient (Wildman–Crippen LogP) is 3.19. The van der Waals surface area contributed by atoms with Crippen LogP contribution in [0.5, 0.6) is 0 Å². The number of aromatic nitrogens is 3. The van der Waals surface area contributed by atoms with Crippen LogP contribution in [0.25, 0.3) is 22.2 Å². The molecule has 0 saturated heterocycles. The Morgan fingerprint density at radius 3 is 2.75 bits per heavy atom. The monoisotopic (exact) mass is 318 g/mol. The van der Waals surface area contributed by atoms with Crippen molar-refractivity contribution in [3.63, 3.8) is 0 Å². The van der Waals surface area contributed by atoms with Crippen molar-refractivity contribution in [1.29, 1.82) is 0 Å². The van der Waals surface area contributed by atoms with Crippen LogP contribution in [0.4, 0.5) is 5.95 Å². The molecule has 0 fully saturated rings. The van der Waals surface area contributed by atoms with Gasteiger partial charge in [0.1, 0.15) is 5.76 Å². The van der Waals surface area contributed by atoms with Gasteiger partial charge in [-0.2, -0.15) is 4.98 Å². The van der Waals surface area contributed by atoms with Crippen LogP contribution in [0.3, 0.4) is 0 Å². The van der Waals surface area contributed by atoms with Gasteiger partial charge in [-0.15, -0.1) is 0 Å². The lowest BCUT2D eigenvalue weighted by molar-refractivity contribution is 0.517. The Labute approximate surface area is 137 Å². The van der Waals surface area contributed by atoms with Gasteiger partial charge in [-0.3, -0.25) is 9.78 Å². The summed E-state index contributed by atoms with van der Waals surface area (Å²) in [6.07, 6.45) is 3.26. The van der Waals surface area contributed by atoms with E-state index in [9.17, 15) is 4.79 Å². The van der Waals surface area contributed by atoms with Crippen LogP contribution in [-0.2, 0) is 6.54 Å². The number of pyridine rings is 1. The summed E-state index contributed by atoms with van der Waals surface area (Å²) in [6.45, 7) is 0.430. The zero-order valence-corrected chi connectivity index (χ0v) is 12.7. The van der Waals surface area contributed by atoms with Crippen molar-refractivity contribution in [2.45, 2.75) is 6.54 Å². The molecule has 0 aliphatic heterocycles. The van der Waals surface area contributed by atoms with Crippen molar-refractivity contribution in [3.05, 3.63) is 77.1 Å². The maximum Gasteiger partial charge on any atom is 0.262 e.